The van der Waals surface area contributed by atoms with E-state index in [0.717, 1.165) is 39.6 Å². The molecule has 4 aliphatic rings. The van der Waals surface area contributed by atoms with Gasteiger partial charge in [-0.3, -0.25) is 19.7 Å². The fraction of sp³-hybridized carbons (Fsp3) is 0.529. The molecular weight excluding hydrogens is 392 g/mol. The Bertz CT molecular complexity index is 766. The summed E-state index contributed by atoms with van der Waals surface area (Å²) in [6.07, 6.45) is 2.04. The van der Waals surface area contributed by atoms with Crippen LogP contribution in [0.5, 0.6) is 5.75 Å². The van der Waals surface area contributed by atoms with Gasteiger partial charge in [0.1, 0.15) is 0 Å². The number of carbonyl (C=O) groups excluding carboxylic acids is 2. The molecule has 3 saturated heterocycles. The number of piperidine rings is 3. The number of rotatable bonds is 3. The van der Waals surface area contributed by atoms with Crippen LogP contribution in [0.15, 0.2) is 12.1 Å². The molecule has 1 unspecified atom stereocenters. The fourth-order valence-corrected chi connectivity index (χ4v) is 3.89. The Kier molecular flexibility index (Phi) is 7.17. The van der Waals surface area contributed by atoms with Crippen molar-refractivity contribution in [2.24, 2.45) is 5.92 Å². The van der Waals surface area contributed by atoms with Gasteiger partial charge in [-0.05, 0) is 37.9 Å². The zero-order valence-corrected chi connectivity index (χ0v) is 16.2. The van der Waals surface area contributed by atoms with Crippen molar-refractivity contribution >= 4 is 35.6 Å². The number of aliphatic hydroxyl groups is 1. The van der Waals surface area contributed by atoms with E-state index in [-0.39, 0.29) is 53.7 Å². The standard InChI is InChI=1S/C16H18N4O5.CH4O.ClH/c21-13-8-25-15-10(17-13)1-2-12(20(23)24)14(15)16(22)18-11-7-19-5-3-9(11)4-6-19;1-2;/h1-2,9,11H,3-8H2,(H,17,21)(H,18,22);2H,1H3;1H. The van der Waals surface area contributed by atoms with Crippen LogP contribution in [0.4, 0.5) is 11.4 Å². The minimum absolute atomic E-state index is 0. The maximum atomic E-state index is 12.8. The average Bonchev–Trinajstić information content (AvgIpc) is 2.69. The molecule has 1 atom stereocenters. The average molecular weight is 415 g/mol. The Morgan fingerprint density at radius 3 is 2.61 bits per heavy atom. The Balaban J connectivity index is 0.000000906. The summed E-state index contributed by atoms with van der Waals surface area (Å²) < 4.78 is 5.34. The van der Waals surface area contributed by atoms with E-state index in [0.29, 0.717) is 5.92 Å². The molecule has 4 aliphatic heterocycles. The van der Waals surface area contributed by atoms with E-state index >= 15 is 0 Å². The first-order valence-corrected chi connectivity index (χ1v) is 8.75. The molecule has 1 aromatic rings. The van der Waals surface area contributed by atoms with E-state index in [1.165, 1.54) is 12.1 Å². The molecule has 154 valence electrons. The highest BCUT2D eigenvalue weighted by atomic mass is 35.5. The predicted octanol–water partition coefficient (Wildman–Crippen LogP) is 0.780. The van der Waals surface area contributed by atoms with Gasteiger partial charge < -0.3 is 25.4 Å². The van der Waals surface area contributed by atoms with Gasteiger partial charge in [-0.25, -0.2) is 0 Å². The van der Waals surface area contributed by atoms with Crippen molar-refractivity contribution in [1.82, 2.24) is 10.2 Å². The molecule has 0 aromatic heterocycles. The number of ether oxygens (including phenoxy) is 1. The van der Waals surface area contributed by atoms with Crippen LogP contribution in [0, 0.1) is 16.0 Å². The minimum atomic E-state index is -0.606. The maximum Gasteiger partial charge on any atom is 0.286 e. The third-order valence-corrected chi connectivity index (χ3v) is 5.15. The second kappa shape index (κ2) is 9.18. The van der Waals surface area contributed by atoms with Crippen LogP contribution in [-0.2, 0) is 4.79 Å². The fourth-order valence-electron chi connectivity index (χ4n) is 3.89. The summed E-state index contributed by atoms with van der Waals surface area (Å²) in [5.74, 6) is -0.427. The monoisotopic (exact) mass is 414 g/mol. The number of halogens is 1. The highest BCUT2D eigenvalue weighted by molar-refractivity contribution is 6.06. The summed E-state index contributed by atoms with van der Waals surface area (Å²) in [4.78, 5) is 37.3. The molecule has 0 spiro atoms. The van der Waals surface area contributed by atoms with Crippen LogP contribution in [-0.4, -0.2) is 66.1 Å². The number of anilines is 1. The van der Waals surface area contributed by atoms with Gasteiger partial charge >= 0.3 is 0 Å². The number of aliphatic hydroxyl groups excluding tert-OH is 1. The van der Waals surface area contributed by atoms with Gasteiger partial charge in [0, 0.05) is 25.8 Å². The second-order valence-corrected chi connectivity index (χ2v) is 6.65. The van der Waals surface area contributed by atoms with Crippen molar-refractivity contribution in [2.75, 3.05) is 38.7 Å². The number of benzene rings is 1. The first-order chi connectivity index (χ1) is 13.0. The number of carbonyl (C=O) groups is 2. The Labute approximate surface area is 167 Å². The van der Waals surface area contributed by atoms with Crippen molar-refractivity contribution < 1.29 is 24.4 Å². The molecule has 2 bridgehead atoms. The SMILES string of the molecule is CO.Cl.O=C1COc2c(ccc([N+](=O)[O-])c2C(=O)NC2CN3CCC2CC3)N1. The van der Waals surface area contributed by atoms with E-state index in [2.05, 4.69) is 15.5 Å². The minimum Gasteiger partial charge on any atom is -0.480 e. The van der Waals surface area contributed by atoms with E-state index in [1.54, 1.807) is 0 Å². The molecule has 3 N–H and O–H groups in total. The molecule has 1 aromatic carbocycles. The second-order valence-electron chi connectivity index (χ2n) is 6.65. The quantitative estimate of drug-likeness (QED) is 0.491. The molecule has 5 rings (SSSR count). The van der Waals surface area contributed by atoms with Crippen LogP contribution >= 0.6 is 12.4 Å². The van der Waals surface area contributed by atoms with Crippen molar-refractivity contribution in [3.63, 3.8) is 0 Å². The molecule has 28 heavy (non-hydrogen) atoms. The number of hydrogen-bond acceptors (Lipinski definition) is 7. The first kappa shape index (κ1) is 21.9. The lowest BCUT2D eigenvalue weighted by Gasteiger charge is -2.44. The maximum absolute atomic E-state index is 12.8. The number of amides is 2. The lowest BCUT2D eigenvalue weighted by atomic mass is 9.84. The zero-order chi connectivity index (χ0) is 19.6. The van der Waals surface area contributed by atoms with Crippen molar-refractivity contribution in [3.05, 3.63) is 27.8 Å². The van der Waals surface area contributed by atoms with Crippen LogP contribution in [0.3, 0.4) is 0 Å². The summed E-state index contributed by atoms with van der Waals surface area (Å²) in [6.45, 7) is 2.56. The molecule has 3 fully saturated rings. The molecule has 0 radical (unpaired) electrons. The van der Waals surface area contributed by atoms with Gasteiger partial charge in [-0.2, -0.15) is 0 Å². The topological polar surface area (TPSA) is 134 Å². The first-order valence-electron chi connectivity index (χ1n) is 8.75. The Morgan fingerprint density at radius 1 is 1.36 bits per heavy atom. The van der Waals surface area contributed by atoms with Gasteiger partial charge in [0.25, 0.3) is 17.5 Å². The largest absolute Gasteiger partial charge is 0.480 e. The molecule has 4 heterocycles. The predicted molar refractivity (Wildman–Crippen MR) is 103 cm³/mol. The van der Waals surface area contributed by atoms with Gasteiger partial charge in [-0.15, -0.1) is 12.4 Å². The smallest absolute Gasteiger partial charge is 0.286 e. The number of nitro benzene ring substituents is 1. The highest BCUT2D eigenvalue weighted by Gasteiger charge is 2.37. The zero-order valence-electron chi connectivity index (χ0n) is 15.3. The molecule has 10 nitrogen and oxygen atoms in total. The van der Waals surface area contributed by atoms with E-state index < -0.39 is 10.8 Å². The summed E-state index contributed by atoms with van der Waals surface area (Å²) >= 11 is 0. The van der Waals surface area contributed by atoms with Crippen LogP contribution in [0.25, 0.3) is 0 Å². The summed E-state index contributed by atoms with van der Waals surface area (Å²) in [5.41, 5.74) is -0.173. The Hall–Kier alpha value is -2.43. The molecule has 2 amide bonds. The van der Waals surface area contributed by atoms with E-state index in [9.17, 15) is 19.7 Å². The number of nitrogens with zero attached hydrogens (tertiary/aromatic N) is 2. The lowest BCUT2D eigenvalue weighted by molar-refractivity contribution is -0.385. The van der Waals surface area contributed by atoms with Crippen molar-refractivity contribution in [1.29, 1.82) is 0 Å². The van der Waals surface area contributed by atoms with Gasteiger partial charge in [-0.1, -0.05) is 0 Å². The van der Waals surface area contributed by atoms with E-state index in [1.807, 2.05) is 0 Å². The summed E-state index contributed by atoms with van der Waals surface area (Å²) in [5, 5.41) is 23.9. The Morgan fingerprint density at radius 2 is 2.04 bits per heavy atom. The van der Waals surface area contributed by atoms with Crippen LogP contribution < -0.4 is 15.4 Å². The third-order valence-electron chi connectivity index (χ3n) is 5.15. The number of nitro groups is 1. The van der Waals surface area contributed by atoms with Gasteiger partial charge in [0.05, 0.1) is 10.6 Å². The van der Waals surface area contributed by atoms with Crippen LogP contribution in [0.2, 0.25) is 0 Å². The number of hydrogen-bond donors (Lipinski definition) is 3. The summed E-state index contributed by atoms with van der Waals surface area (Å²) in [6, 6.07) is 2.58. The highest BCUT2D eigenvalue weighted by Crippen LogP contribution is 2.38. The lowest BCUT2D eigenvalue weighted by Crippen LogP contribution is -2.57. The van der Waals surface area contributed by atoms with Crippen molar-refractivity contribution in [3.8, 4) is 5.75 Å². The number of fused-ring (bicyclic) bond motifs is 4. The van der Waals surface area contributed by atoms with E-state index in [4.69, 9.17) is 9.84 Å². The molecule has 0 saturated carbocycles. The molecule has 0 aliphatic carbocycles. The number of nitrogens with one attached hydrogen (secondary N) is 2. The third kappa shape index (κ3) is 4.18. The molecule has 11 heteroatoms. The van der Waals surface area contributed by atoms with Gasteiger partial charge in [0.2, 0.25) is 0 Å². The van der Waals surface area contributed by atoms with Crippen LogP contribution in [0.1, 0.15) is 23.2 Å². The molecular formula is C17H23ClN4O6. The summed E-state index contributed by atoms with van der Waals surface area (Å²) in [7, 11) is 1.00. The normalized spacial score (nSPS) is 24.4. The van der Waals surface area contributed by atoms with Gasteiger partial charge in [0.15, 0.2) is 17.9 Å². The van der Waals surface area contributed by atoms with Crippen molar-refractivity contribution in [2.45, 2.75) is 18.9 Å².